The highest BCUT2D eigenvalue weighted by Crippen LogP contribution is 2.37. The van der Waals surface area contributed by atoms with E-state index in [4.69, 9.17) is 9.72 Å². The highest BCUT2D eigenvalue weighted by atomic mass is 16.5. The van der Waals surface area contributed by atoms with Gasteiger partial charge < -0.3 is 15.4 Å². The van der Waals surface area contributed by atoms with Crippen LogP contribution < -0.4 is 21.5 Å². The van der Waals surface area contributed by atoms with Crippen LogP contribution in [0.15, 0.2) is 24.4 Å². The summed E-state index contributed by atoms with van der Waals surface area (Å²) in [5.41, 5.74) is 7.44. The molecule has 0 radical (unpaired) electrons. The molecule has 5 atom stereocenters. The van der Waals surface area contributed by atoms with Crippen LogP contribution in [0.2, 0.25) is 0 Å². The van der Waals surface area contributed by atoms with E-state index in [0.29, 0.717) is 30.7 Å². The van der Waals surface area contributed by atoms with E-state index in [-0.39, 0.29) is 18.2 Å². The number of ether oxygens (including phenoxy) is 1. The first kappa shape index (κ1) is 22.3. The van der Waals surface area contributed by atoms with Crippen LogP contribution >= 0.6 is 0 Å². The van der Waals surface area contributed by atoms with Gasteiger partial charge in [0, 0.05) is 41.8 Å². The second-order valence-corrected chi connectivity index (χ2v) is 9.96. The number of hydrogen-bond donors (Lipinski definition) is 4. The van der Waals surface area contributed by atoms with Crippen molar-refractivity contribution >= 4 is 28.5 Å². The van der Waals surface area contributed by atoms with Crippen LogP contribution in [0.1, 0.15) is 52.9 Å². The zero-order valence-electron chi connectivity index (χ0n) is 19.7. The average Bonchev–Trinajstić information content (AvgIpc) is 3.26. The maximum absolute atomic E-state index is 12.2. The molecular weight excluding hydrogens is 418 g/mol. The smallest absolute Gasteiger partial charge is 0.320 e. The van der Waals surface area contributed by atoms with Crippen LogP contribution in [0, 0.1) is 0 Å². The third-order valence-corrected chi connectivity index (χ3v) is 6.92. The number of carbonyl (C=O) groups is 1. The lowest BCUT2D eigenvalue weighted by atomic mass is 9.97. The molecule has 5 heterocycles. The lowest BCUT2D eigenvalue weighted by Crippen LogP contribution is -2.49. The fourth-order valence-corrected chi connectivity index (χ4v) is 5.54. The summed E-state index contributed by atoms with van der Waals surface area (Å²) in [5.74, 6) is 1.57. The summed E-state index contributed by atoms with van der Waals surface area (Å²) in [6.07, 6.45) is 7.12. The number of hydrogen-bond acceptors (Lipinski definition) is 9. The summed E-state index contributed by atoms with van der Waals surface area (Å²) >= 11 is 0. The van der Waals surface area contributed by atoms with Crippen molar-refractivity contribution in [3.8, 4) is 0 Å². The number of hydrazine groups is 1. The van der Waals surface area contributed by atoms with Gasteiger partial charge in [-0.05, 0) is 65.0 Å². The lowest BCUT2D eigenvalue weighted by Gasteiger charge is -2.39. The second kappa shape index (κ2) is 9.40. The summed E-state index contributed by atoms with van der Waals surface area (Å²) < 4.78 is 5.39. The number of piperidine rings is 1. The fourth-order valence-electron chi connectivity index (χ4n) is 5.54. The van der Waals surface area contributed by atoms with E-state index in [1.807, 2.05) is 32.2 Å². The maximum atomic E-state index is 12.2. The van der Waals surface area contributed by atoms with Gasteiger partial charge in [0.1, 0.15) is 11.6 Å². The Hall–Kier alpha value is -2.49. The number of nitrogens with zero attached hydrogens (tertiary/aromatic N) is 3. The van der Waals surface area contributed by atoms with Gasteiger partial charge in [-0.1, -0.05) is 0 Å². The minimum atomic E-state index is -0.116. The van der Waals surface area contributed by atoms with Crippen LogP contribution in [0.5, 0.6) is 0 Å². The summed E-state index contributed by atoms with van der Waals surface area (Å²) in [6.45, 7) is 6.35. The predicted molar refractivity (Wildman–Crippen MR) is 129 cm³/mol. The molecule has 9 heteroatoms. The molecule has 9 nitrogen and oxygen atoms in total. The number of rotatable bonds is 7. The molecular formula is C24H35N7O2. The number of aromatic nitrogens is 2. The standard InChI is InChI=1S/C24H35N7O2/c1-14(2)33-23(32)13-31-17-6-7-18(31)11-16(10-17)26-24-19-5-4-8-25-20(19)12-21(28-24)27-22-9-15(3)29-30-22/h4-5,8,12,14-18,22,29-30H,6-7,9-11,13H2,1-3H3,(H2,26,27,28)/t15?,16?,17-,18+,22?. The number of esters is 1. The average molecular weight is 454 g/mol. The zero-order chi connectivity index (χ0) is 22.9. The molecule has 2 aromatic rings. The molecule has 178 valence electrons. The van der Waals surface area contributed by atoms with Crippen molar-refractivity contribution in [2.75, 3.05) is 17.2 Å². The molecule has 0 amide bonds. The summed E-state index contributed by atoms with van der Waals surface area (Å²) in [4.78, 5) is 24.1. The highest BCUT2D eigenvalue weighted by molar-refractivity contribution is 5.91. The number of nitrogens with one attached hydrogen (secondary N) is 4. The second-order valence-electron chi connectivity index (χ2n) is 9.96. The van der Waals surface area contributed by atoms with E-state index in [1.54, 1.807) is 0 Å². The quantitative estimate of drug-likeness (QED) is 0.471. The first-order valence-electron chi connectivity index (χ1n) is 12.2. The summed E-state index contributed by atoms with van der Waals surface area (Å²) in [6, 6.07) is 7.58. The Bertz CT molecular complexity index is 986. The van der Waals surface area contributed by atoms with Crippen molar-refractivity contribution in [3.05, 3.63) is 24.4 Å². The Kier molecular flexibility index (Phi) is 6.36. The molecule has 0 aromatic carbocycles. The third kappa shape index (κ3) is 5.05. The van der Waals surface area contributed by atoms with Crippen molar-refractivity contribution in [1.82, 2.24) is 25.7 Å². The van der Waals surface area contributed by atoms with Gasteiger partial charge in [0.2, 0.25) is 0 Å². The van der Waals surface area contributed by atoms with Crippen LogP contribution in [-0.2, 0) is 9.53 Å². The molecule has 33 heavy (non-hydrogen) atoms. The normalized spacial score (nSPS) is 29.5. The third-order valence-electron chi connectivity index (χ3n) is 6.92. The van der Waals surface area contributed by atoms with Crippen LogP contribution in [0.3, 0.4) is 0 Å². The molecule has 3 fully saturated rings. The first-order chi connectivity index (χ1) is 15.9. The molecule has 2 aromatic heterocycles. The van der Waals surface area contributed by atoms with Crippen molar-refractivity contribution in [1.29, 1.82) is 0 Å². The van der Waals surface area contributed by atoms with Crippen molar-refractivity contribution in [3.63, 3.8) is 0 Å². The highest BCUT2D eigenvalue weighted by Gasteiger charge is 2.42. The molecule has 3 unspecified atom stereocenters. The van der Waals surface area contributed by atoms with Crippen molar-refractivity contribution in [2.45, 2.75) is 89.3 Å². The van der Waals surface area contributed by atoms with Crippen LogP contribution in [-0.4, -0.2) is 63.8 Å². The van der Waals surface area contributed by atoms with Crippen LogP contribution in [0.25, 0.3) is 10.9 Å². The van der Waals surface area contributed by atoms with Gasteiger partial charge in [-0.2, -0.15) is 0 Å². The molecule has 5 rings (SSSR count). The molecule has 2 bridgehead atoms. The number of carbonyl (C=O) groups excluding carboxylic acids is 1. The van der Waals surface area contributed by atoms with Crippen LogP contribution in [0.4, 0.5) is 11.6 Å². The monoisotopic (exact) mass is 453 g/mol. The van der Waals surface area contributed by atoms with Gasteiger partial charge in [0.15, 0.2) is 0 Å². The number of fused-ring (bicyclic) bond motifs is 3. The Morgan fingerprint density at radius 1 is 1.21 bits per heavy atom. The Morgan fingerprint density at radius 2 is 2.00 bits per heavy atom. The van der Waals surface area contributed by atoms with E-state index >= 15 is 0 Å². The maximum Gasteiger partial charge on any atom is 0.320 e. The molecule has 4 N–H and O–H groups in total. The van der Waals surface area contributed by atoms with E-state index in [2.05, 4.69) is 44.4 Å². The van der Waals surface area contributed by atoms with Crippen molar-refractivity contribution < 1.29 is 9.53 Å². The largest absolute Gasteiger partial charge is 0.462 e. The Labute approximate surface area is 195 Å². The minimum Gasteiger partial charge on any atom is -0.462 e. The van der Waals surface area contributed by atoms with Gasteiger partial charge in [0.05, 0.1) is 24.3 Å². The molecule has 0 aliphatic carbocycles. The molecule has 0 spiro atoms. The van der Waals surface area contributed by atoms with Gasteiger partial charge in [-0.15, -0.1) is 0 Å². The number of anilines is 2. The van der Waals surface area contributed by atoms with Gasteiger partial charge in [-0.3, -0.25) is 20.1 Å². The van der Waals surface area contributed by atoms with E-state index < -0.39 is 0 Å². The van der Waals surface area contributed by atoms with Gasteiger partial charge in [-0.25, -0.2) is 10.4 Å². The fraction of sp³-hybridized carbons (Fsp3) is 0.625. The minimum absolute atomic E-state index is 0.0679. The van der Waals surface area contributed by atoms with Gasteiger partial charge >= 0.3 is 5.97 Å². The van der Waals surface area contributed by atoms with E-state index in [1.165, 1.54) is 0 Å². The SMILES string of the molecule is CC1CC(Nc2cc3ncccc3c(NC3C[C@H]4CC[C@@H](C3)N4CC(=O)OC(C)C)n2)NN1. The Balaban J connectivity index is 1.30. The zero-order valence-corrected chi connectivity index (χ0v) is 19.7. The Morgan fingerprint density at radius 3 is 2.70 bits per heavy atom. The van der Waals surface area contributed by atoms with E-state index in [0.717, 1.165) is 54.6 Å². The topological polar surface area (TPSA) is 103 Å². The molecule has 0 saturated carbocycles. The van der Waals surface area contributed by atoms with E-state index in [9.17, 15) is 4.79 Å². The molecule has 3 saturated heterocycles. The predicted octanol–water partition coefficient (Wildman–Crippen LogP) is 2.61. The summed E-state index contributed by atoms with van der Waals surface area (Å²) in [5, 5.41) is 8.26. The number of pyridine rings is 2. The lowest BCUT2D eigenvalue weighted by molar-refractivity contribution is -0.150. The first-order valence-corrected chi connectivity index (χ1v) is 12.2. The van der Waals surface area contributed by atoms with Crippen molar-refractivity contribution in [2.24, 2.45) is 0 Å². The molecule has 3 aliphatic rings. The molecule has 3 aliphatic heterocycles. The van der Waals surface area contributed by atoms with Gasteiger partial charge in [0.25, 0.3) is 0 Å². The summed E-state index contributed by atoms with van der Waals surface area (Å²) in [7, 11) is 0.